The fraction of sp³-hybridized carbons (Fsp3) is 0.333. The molecule has 0 atom stereocenters. The lowest BCUT2D eigenvalue weighted by Crippen LogP contribution is -2.40. The Morgan fingerprint density at radius 2 is 1.05 bits per heavy atom. The van der Waals surface area contributed by atoms with E-state index < -0.39 is 6.19 Å². The van der Waals surface area contributed by atoms with Crippen molar-refractivity contribution in [2.24, 2.45) is 0 Å². The Labute approximate surface area is 134 Å². The molecule has 112 valence electrons. The van der Waals surface area contributed by atoms with Crippen LogP contribution in [0, 0.1) is 0 Å². The first kappa shape index (κ1) is 16.4. The van der Waals surface area contributed by atoms with Crippen molar-refractivity contribution in [3.8, 4) is 0 Å². The lowest BCUT2D eigenvalue weighted by atomic mass is 10.3. The summed E-state index contributed by atoms with van der Waals surface area (Å²) < 4.78 is 2.52. The number of hydrogen-bond acceptors (Lipinski definition) is 1. The van der Waals surface area contributed by atoms with Crippen LogP contribution < -0.4 is 10.6 Å². The van der Waals surface area contributed by atoms with Crippen LogP contribution in [0.3, 0.4) is 0 Å². The van der Waals surface area contributed by atoms with Gasteiger partial charge in [0.15, 0.2) is 0 Å². The van der Waals surface area contributed by atoms with Crippen LogP contribution in [-0.4, -0.2) is 16.8 Å². The number of benzene rings is 2. The standard InChI is InChI=1S/C18H24NPS/c1-15(2)19(16(3)4)20(21,17-11-7-5-8-12-17)18-13-9-6-10-14-18/h5-16H,1-4H3. The van der Waals surface area contributed by atoms with Gasteiger partial charge in [-0.2, -0.15) is 0 Å². The third-order valence-electron chi connectivity index (χ3n) is 3.60. The van der Waals surface area contributed by atoms with Crippen molar-refractivity contribution in [3.63, 3.8) is 0 Å². The number of nitrogens with zero attached hydrogens (tertiary/aromatic N) is 1. The van der Waals surface area contributed by atoms with Crippen molar-refractivity contribution in [2.45, 2.75) is 39.8 Å². The summed E-state index contributed by atoms with van der Waals surface area (Å²) in [7, 11) is 0. The van der Waals surface area contributed by atoms with E-state index in [2.05, 4.69) is 93.0 Å². The molecule has 0 aliphatic rings. The molecule has 2 aromatic rings. The molecule has 0 saturated carbocycles. The van der Waals surface area contributed by atoms with E-state index in [0.29, 0.717) is 12.1 Å². The zero-order valence-corrected chi connectivity index (χ0v) is 14.9. The van der Waals surface area contributed by atoms with Gasteiger partial charge in [0.25, 0.3) is 0 Å². The minimum absolute atomic E-state index is 0.413. The van der Waals surface area contributed by atoms with E-state index in [1.54, 1.807) is 0 Å². The highest BCUT2D eigenvalue weighted by Crippen LogP contribution is 2.50. The first-order valence-electron chi connectivity index (χ1n) is 7.48. The molecule has 0 heterocycles. The Bertz CT molecular complexity index is 556. The molecule has 0 fully saturated rings. The van der Waals surface area contributed by atoms with Gasteiger partial charge in [-0.1, -0.05) is 72.5 Å². The molecule has 2 rings (SSSR count). The highest BCUT2D eigenvalue weighted by molar-refractivity contribution is 8.20. The van der Waals surface area contributed by atoms with Gasteiger partial charge in [0.2, 0.25) is 0 Å². The molecule has 0 spiro atoms. The highest BCUT2D eigenvalue weighted by atomic mass is 32.4. The zero-order valence-electron chi connectivity index (χ0n) is 13.2. The Balaban J connectivity index is 2.68. The topological polar surface area (TPSA) is 3.24 Å². The molecule has 0 N–H and O–H groups in total. The second-order valence-corrected chi connectivity index (χ2v) is 10.0. The molecule has 21 heavy (non-hydrogen) atoms. The van der Waals surface area contributed by atoms with Crippen LogP contribution in [0.5, 0.6) is 0 Å². The molecular formula is C18H24NPS. The Kier molecular flexibility index (Phi) is 5.37. The first-order chi connectivity index (χ1) is 9.98. The summed E-state index contributed by atoms with van der Waals surface area (Å²) in [5.41, 5.74) is 0. The average molecular weight is 317 g/mol. The third-order valence-corrected chi connectivity index (χ3v) is 9.00. The van der Waals surface area contributed by atoms with Crippen molar-refractivity contribution < 1.29 is 0 Å². The Hall–Kier alpha value is -0.950. The maximum atomic E-state index is 6.35. The van der Waals surface area contributed by atoms with Crippen LogP contribution in [0.2, 0.25) is 0 Å². The quantitative estimate of drug-likeness (QED) is 0.762. The minimum atomic E-state index is -1.98. The molecular weight excluding hydrogens is 293 g/mol. The summed E-state index contributed by atoms with van der Waals surface area (Å²) in [6, 6.07) is 22.1. The van der Waals surface area contributed by atoms with E-state index in [4.69, 9.17) is 11.8 Å². The van der Waals surface area contributed by atoms with Crippen LogP contribution in [0.1, 0.15) is 27.7 Å². The van der Waals surface area contributed by atoms with Gasteiger partial charge in [0.1, 0.15) is 0 Å². The normalized spacial score (nSPS) is 12.3. The van der Waals surface area contributed by atoms with Crippen molar-refractivity contribution in [1.82, 2.24) is 4.67 Å². The van der Waals surface area contributed by atoms with Gasteiger partial charge in [-0.15, -0.1) is 0 Å². The molecule has 2 aromatic carbocycles. The van der Waals surface area contributed by atoms with Gasteiger partial charge >= 0.3 is 0 Å². The molecule has 0 bridgehead atoms. The molecule has 0 saturated heterocycles. The lowest BCUT2D eigenvalue weighted by molar-refractivity contribution is 0.326. The molecule has 0 aromatic heterocycles. The summed E-state index contributed by atoms with van der Waals surface area (Å²) in [4.78, 5) is 0. The first-order valence-corrected chi connectivity index (χ1v) is 10.2. The largest absolute Gasteiger partial charge is 0.263 e. The molecule has 1 nitrogen and oxygen atoms in total. The molecule has 0 radical (unpaired) electrons. The van der Waals surface area contributed by atoms with Crippen molar-refractivity contribution in [3.05, 3.63) is 60.7 Å². The summed E-state index contributed by atoms with van der Waals surface area (Å²) in [6.07, 6.45) is -1.98. The van der Waals surface area contributed by atoms with Crippen molar-refractivity contribution in [2.75, 3.05) is 0 Å². The van der Waals surface area contributed by atoms with Crippen LogP contribution in [0.4, 0.5) is 0 Å². The smallest absolute Gasteiger partial charge is 0.0714 e. The summed E-state index contributed by atoms with van der Waals surface area (Å²) >= 11 is 6.35. The van der Waals surface area contributed by atoms with E-state index in [-0.39, 0.29) is 0 Å². The third kappa shape index (κ3) is 3.29. The minimum Gasteiger partial charge on any atom is -0.263 e. The van der Waals surface area contributed by atoms with Crippen LogP contribution in [0.15, 0.2) is 60.7 Å². The van der Waals surface area contributed by atoms with E-state index in [1.807, 2.05) is 0 Å². The van der Waals surface area contributed by atoms with E-state index in [1.165, 1.54) is 10.6 Å². The fourth-order valence-corrected chi connectivity index (χ4v) is 8.07. The van der Waals surface area contributed by atoms with Gasteiger partial charge in [0.05, 0.1) is 6.19 Å². The Morgan fingerprint density at radius 1 is 0.714 bits per heavy atom. The van der Waals surface area contributed by atoms with E-state index >= 15 is 0 Å². The van der Waals surface area contributed by atoms with Gasteiger partial charge in [-0.3, -0.25) is 4.67 Å². The van der Waals surface area contributed by atoms with E-state index in [0.717, 1.165) is 0 Å². The van der Waals surface area contributed by atoms with Gasteiger partial charge in [0, 0.05) is 22.7 Å². The summed E-state index contributed by atoms with van der Waals surface area (Å²) in [6.45, 7) is 8.97. The molecule has 0 unspecified atom stereocenters. The number of rotatable bonds is 5. The molecule has 0 aliphatic carbocycles. The maximum absolute atomic E-state index is 6.35. The van der Waals surface area contributed by atoms with Gasteiger partial charge in [-0.05, 0) is 27.7 Å². The lowest BCUT2D eigenvalue weighted by Gasteiger charge is -2.41. The van der Waals surface area contributed by atoms with Crippen LogP contribution >= 0.6 is 6.19 Å². The average Bonchev–Trinajstić information content (AvgIpc) is 2.48. The van der Waals surface area contributed by atoms with Gasteiger partial charge < -0.3 is 0 Å². The predicted octanol–water partition coefficient (Wildman–Crippen LogP) is 4.15. The maximum Gasteiger partial charge on any atom is 0.0714 e. The number of hydrogen-bond donors (Lipinski definition) is 0. The molecule has 0 amide bonds. The second-order valence-electron chi connectivity index (χ2n) is 5.81. The molecule has 3 heteroatoms. The van der Waals surface area contributed by atoms with E-state index in [9.17, 15) is 0 Å². The predicted molar refractivity (Wildman–Crippen MR) is 98.5 cm³/mol. The van der Waals surface area contributed by atoms with Crippen LogP contribution in [-0.2, 0) is 11.8 Å². The summed E-state index contributed by atoms with van der Waals surface area (Å²) in [5.74, 6) is 0. The SMILES string of the molecule is CC(C)N(C(C)C)P(=S)(c1ccccc1)c1ccccc1. The Morgan fingerprint density at radius 3 is 1.33 bits per heavy atom. The monoisotopic (exact) mass is 317 g/mol. The fourth-order valence-electron chi connectivity index (χ4n) is 2.92. The second kappa shape index (κ2) is 6.87. The zero-order chi connectivity index (χ0) is 15.5. The van der Waals surface area contributed by atoms with Crippen molar-refractivity contribution in [1.29, 1.82) is 0 Å². The van der Waals surface area contributed by atoms with Gasteiger partial charge in [-0.25, -0.2) is 0 Å². The van der Waals surface area contributed by atoms with Crippen LogP contribution in [0.25, 0.3) is 0 Å². The summed E-state index contributed by atoms with van der Waals surface area (Å²) in [5, 5.41) is 2.54. The highest BCUT2D eigenvalue weighted by Gasteiger charge is 2.33. The molecule has 0 aliphatic heterocycles. The van der Waals surface area contributed by atoms with Crippen molar-refractivity contribution >= 4 is 28.6 Å².